The van der Waals surface area contributed by atoms with Crippen molar-refractivity contribution in [1.29, 1.82) is 0 Å². The number of rotatable bonds is 4. The van der Waals surface area contributed by atoms with Crippen LogP contribution in [0.5, 0.6) is 5.75 Å². The number of fused-ring (bicyclic) bond motifs is 1. The number of anilines is 1. The first-order valence-corrected chi connectivity index (χ1v) is 6.43. The monoisotopic (exact) mass is 259 g/mol. The van der Waals surface area contributed by atoms with Gasteiger partial charge in [0.2, 0.25) is 0 Å². The maximum absolute atomic E-state index is 5.74. The highest BCUT2D eigenvalue weighted by atomic mass is 16.5. The normalized spacial score (nSPS) is 10.8. The Morgan fingerprint density at radius 1 is 1.32 bits per heavy atom. The Labute approximate surface area is 114 Å². The van der Waals surface area contributed by atoms with Crippen molar-refractivity contribution in [1.82, 2.24) is 4.98 Å². The lowest BCUT2D eigenvalue weighted by molar-refractivity contribution is 0.410. The van der Waals surface area contributed by atoms with Crippen LogP contribution < -0.4 is 15.4 Å². The van der Waals surface area contributed by atoms with E-state index in [1.807, 2.05) is 33.2 Å². The highest BCUT2D eigenvalue weighted by Gasteiger charge is 2.14. The van der Waals surface area contributed by atoms with Crippen LogP contribution in [0.25, 0.3) is 10.9 Å². The zero-order valence-corrected chi connectivity index (χ0v) is 12.0. The number of benzene rings is 1. The molecule has 1 aromatic heterocycles. The van der Waals surface area contributed by atoms with E-state index in [4.69, 9.17) is 10.5 Å². The predicted molar refractivity (Wildman–Crippen MR) is 80.1 cm³/mol. The maximum Gasteiger partial charge on any atom is 0.122 e. The molecule has 0 radical (unpaired) electrons. The molecule has 4 heteroatoms. The minimum Gasteiger partial charge on any atom is -0.496 e. The first-order valence-electron chi connectivity index (χ1n) is 6.43. The van der Waals surface area contributed by atoms with E-state index < -0.39 is 0 Å². The molecule has 2 N–H and O–H groups in total. The molecule has 0 fully saturated rings. The number of aryl methyl sites for hydroxylation is 1. The summed E-state index contributed by atoms with van der Waals surface area (Å²) in [5.41, 5.74) is 10.0. The third-order valence-corrected chi connectivity index (χ3v) is 3.24. The molecule has 0 spiro atoms. The van der Waals surface area contributed by atoms with Crippen molar-refractivity contribution in [2.75, 3.05) is 32.6 Å². The van der Waals surface area contributed by atoms with Crippen molar-refractivity contribution < 1.29 is 4.74 Å². The molecule has 2 aromatic rings. The molecule has 19 heavy (non-hydrogen) atoms. The van der Waals surface area contributed by atoms with Gasteiger partial charge in [-0.15, -0.1) is 0 Å². The molecule has 1 aromatic carbocycles. The zero-order valence-electron chi connectivity index (χ0n) is 12.0. The lowest BCUT2D eigenvalue weighted by Crippen LogP contribution is -2.12. The SMILES string of the molecule is COc1ccc2nc(C)cc(N(C)C)c2c1CCN. The minimum atomic E-state index is 0.593. The van der Waals surface area contributed by atoms with Gasteiger partial charge in [-0.3, -0.25) is 4.98 Å². The first kappa shape index (κ1) is 13.6. The summed E-state index contributed by atoms with van der Waals surface area (Å²) in [5.74, 6) is 0.881. The van der Waals surface area contributed by atoms with E-state index in [0.29, 0.717) is 6.54 Å². The molecule has 0 aliphatic heterocycles. The molecule has 0 atom stereocenters. The van der Waals surface area contributed by atoms with E-state index >= 15 is 0 Å². The molecule has 102 valence electrons. The van der Waals surface area contributed by atoms with Crippen LogP contribution in [-0.4, -0.2) is 32.7 Å². The number of nitrogens with zero attached hydrogens (tertiary/aromatic N) is 2. The molecule has 0 bridgehead atoms. The van der Waals surface area contributed by atoms with E-state index in [1.54, 1.807) is 7.11 Å². The first-order chi connectivity index (χ1) is 9.08. The summed E-state index contributed by atoms with van der Waals surface area (Å²) in [4.78, 5) is 6.72. The standard InChI is InChI=1S/C15H21N3O/c1-10-9-13(18(2)3)15-11(7-8-16)14(19-4)6-5-12(15)17-10/h5-6,9H,7-8,16H2,1-4H3. The fraction of sp³-hybridized carbons (Fsp3) is 0.400. The van der Waals surface area contributed by atoms with Gasteiger partial charge in [0, 0.05) is 36.4 Å². The number of ether oxygens (including phenoxy) is 1. The van der Waals surface area contributed by atoms with Gasteiger partial charge in [-0.1, -0.05) is 0 Å². The Morgan fingerprint density at radius 3 is 2.63 bits per heavy atom. The van der Waals surface area contributed by atoms with E-state index in [9.17, 15) is 0 Å². The van der Waals surface area contributed by atoms with Gasteiger partial charge in [-0.05, 0) is 38.1 Å². The lowest BCUT2D eigenvalue weighted by atomic mass is 10.0. The lowest BCUT2D eigenvalue weighted by Gasteiger charge is -2.20. The number of methoxy groups -OCH3 is 1. The Morgan fingerprint density at radius 2 is 2.05 bits per heavy atom. The largest absolute Gasteiger partial charge is 0.496 e. The Hall–Kier alpha value is -1.81. The summed E-state index contributed by atoms with van der Waals surface area (Å²) in [6.07, 6.45) is 0.784. The summed E-state index contributed by atoms with van der Waals surface area (Å²) >= 11 is 0. The fourth-order valence-corrected chi connectivity index (χ4v) is 2.42. The second kappa shape index (κ2) is 5.45. The molecule has 0 saturated carbocycles. The van der Waals surface area contributed by atoms with Crippen molar-refractivity contribution in [3.63, 3.8) is 0 Å². The average molecular weight is 259 g/mol. The molecule has 0 aliphatic carbocycles. The number of hydrogen-bond acceptors (Lipinski definition) is 4. The molecule has 2 rings (SSSR count). The van der Waals surface area contributed by atoms with Crippen LogP contribution in [0.3, 0.4) is 0 Å². The molecular formula is C15H21N3O. The summed E-state index contributed by atoms with van der Waals surface area (Å²) in [6, 6.07) is 6.08. The van der Waals surface area contributed by atoms with E-state index in [-0.39, 0.29) is 0 Å². The summed E-state index contributed by atoms with van der Waals surface area (Å²) in [5, 5.41) is 1.14. The summed E-state index contributed by atoms with van der Waals surface area (Å²) < 4.78 is 5.47. The quantitative estimate of drug-likeness (QED) is 0.913. The van der Waals surface area contributed by atoms with Crippen molar-refractivity contribution in [2.45, 2.75) is 13.3 Å². The maximum atomic E-state index is 5.74. The van der Waals surface area contributed by atoms with Gasteiger partial charge in [0.15, 0.2) is 0 Å². The van der Waals surface area contributed by atoms with Gasteiger partial charge in [0.25, 0.3) is 0 Å². The topological polar surface area (TPSA) is 51.4 Å². The Balaban J connectivity index is 2.84. The fourth-order valence-electron chi connectivity index (χ4n) is 2.42. The van der Waals surface area contributed by atoms with Gasteiger partial charge >= 0.3 is 0 Å². The summed E-state index contributed by atoms with van der Waals surface area (Å²) in [7, 11) is 5.78. The summed E-state index contributed by atoms with van der Waals surface area (Å²) in [6.45, 7) is 2.61. The number of aromatic nitrogens is 1. The van der Waals surface area contributed by atoms with Crippen LogP contribution in [0, 0.1) is 6.92 Å². The highest BCUT2D eigenvalue weighted by molar-refractivity contribution is 5.96. The van der Waals surface area contributed by atoms with Gasteiger partial charge in [-0.25, -0.2) is 0 Å². The number of nitrogens with two attached hydrogens (primary N) is 1. The Kier molecular flexibility index (Phi) is 3.90. The molecule has 1 heterocycles. The van der Waals surface area contributed by atoms with Crippen molar-refractivity contribution >= 4 is 16.6 Å². The minimum absolute atomic E-state index is 0.593. The van der Waals surface area contributed by atoms with Crippen LogP contribution >= 0.6 is 0 Å². The molecule has 0 aliphatic rings. The van der Waals surface area contributed by atoms with Crippen LogP contribution in [0.2, 0.25) is 0 Å². The molecule has 4 nitrogen and oxygen atoms in total. The van der Waals surface area contributed by atoms with Gasteiger partial charge < -0.3 is 15.4 Å². The van der Waals surface area contributed by atoms with E-state index in [0.717, 1.165) is 40.0 Å². The molecule has 0 unspecified atom stereocenters. The third-order valence-electron chi connectivity index (χ3n) is 3.24. The predicted octanol–water partition coefficient (Wildman–Crippen LogP) is 2.12. The zero-order chi connectivity index (χ0) is 14.0. The number of pyridine rings is 1. The van der Waals surface area contributed by atoms with Gasteiger partial charge in [0.1, 0.15) is 5.75 Å². The van der Waals surface area contributed by atoms with Gasteiger partial charge in [0.05, 0.1) is 12.6 Å². The molecular weight excluding hydrogens is 238 g/mol. The highest BCUT2D eigenvalue weighted by Crippen LogP contribution is 2.34. The third kappa shape index (κ3) is 2.49. The van der Waals surface area contributed by atoms with E-state index in [1.165, 1.54) is 0 Å². The smallest absolute Gasteiger partial charge is 0.122 e. The second-order valence-corrected chi connectivity index (χ2v) is 4.86. The molecule has 0 amide bonds. The number of hydrogen-bond donors (Lipinski definition) is 1. The van der Waals surface area contributed by atoms with Crippen LogP contribution in [0.1, 0.15) is 11.3 Å². The second-order valence-electron chi connectivity index (χ2n) is 4.86. The van der Waals surface area contributed by atoms with Crippen LogP contribution in [-0.2, 0) is 6.42 Å². The van der Waals surface area contributed by atoms with Crippen molar-refractivity contribution in [3.8, 4) is 5.75 Å². The van der Waals surface area contributed by atoms with Crippen LogP contribution in [0.4, 0.5) is 5.69 Å². The van der Waals surface area contributed by atoms with Crippen molar-refractivity contribution in [2.24, 2.45) is 5.73 Å². The van der Waals surface area contributed by atoms with E-state index in [2.05, 4.69) is 16.0 Å². The van der Waals surface area contributed by atoms with Gasteiger partial charge in [-0.2, -0.15) is 0 Å². The van der Waals surface area contributed by atoms with Crippen molar-refractivity contribution in [3.05, 3.63) is 29.5 Å². The molecule has 0 saturated heterocycles. The average Bonchev–Trinajstić information content (AvgIpc) is 2.38. The Bertz CT molecular complexity index is 593. The van der Waals surface area contributed by atoms with Crippen LogP contribution in [0.15, 0.2) is 18.2 Å².